The predicted molar refractivity (Wildman–Crippen MR) is 108 cm³/mol. The Morgan fingerprint density at radius 3 is 2.59 bits per heavy atom. The fraction of sp³-hybridized carbons (Fsp3) is 0.300. The number of benzene rings is 2. The quantitative estimate of drug-likeness (QED) is 0.748. The van der Waals surface area contributed by atoms with E-state index in [0.29, 0.717) is 25.6 Å². The van der Waals surface area contributed by atoms with E-state index in [9.17, 15) is 4.79 Å². The number of morpholine rings is 1. The number of methoxy groups -OCH3 is 1. The molecule has 140 valence electrons. The normalized spacial score (nSPS) is 18.8. The number of fused-ring (bicyclic) bond motifs is 1. The van der Waals surface area contributed by atoms with E-state index in [4.69, 9.17) is 9.47 Å². The largest absolute Gasteiger partial charge is 0.497 e. The number of anilines is 1. The minimum atomic E-state index is -0.0783. The van der Waals surface area contributed by atoms with Crippen LogP contribution in [0.4, 0.5) is 11.4 Å². The molecule has 1 amide bonds. The number of rotatable bonds is 4. The van der Waals surface area contributed by atoms with Crippen molar-refractivity contribution in [2.75, 3.05) is 45.0 Å². The van der Waals surface area contributed by atoms with Crippen LogP contribution < -0.4 is 9.64 Å². The summed E-state index contributed by atoms with van der Waals surface area (Å²) < 4.78 is 11.5. The van der Waals surface area contributed by atoms with E-state index in [-0.39, 0.29) is 5.91 Å². The fourth-order valence-electron chi connectivity index (χ4n) is 3.26. The van der Waals surface area contributed by atoms with Crippen LogP contribution in [0.5, 0.6) is 5.75 Å². The zero-order valence-electron chi connectivity index (χ0n) is 15.0. The van der Waals surface area contributed by atoms with E-state index in [1.54, 1.807) is 12.0 Å². The summed E-state index contributed by atoms with van der Waals surface area (Å²) in [5.74, 6) is 0.680. The molecule has 0 radical (unpaired) electrons. The zero-order chi connectivity index (χ0) is 18.8. The summed E-state index contributed by atoms with van der Waals surface area (Å²) in [6, 6.07) is 13.2. The molecule has 0 aliphatic carbocycles. The Bertz CT molecular complexity index is 877. The van der Waals surface area contributed by atoms with Crippen molar-refractivity contribution in [2.45, 2.75) is 0 Å². The highest BCUT2D eigenvalue weighted by atomic mass is 79.9. The van der Waals surface area contributed by atoms with Crippen molar-refractivity contribution in [3.8, 4) is 5.75 Å². The second kappa shape index (κ2) is 7.80. The summed E-state index contributed by atoms with van der Waals surface area (Å²) in [6.07, 6.45) is 0. The first-order valence-corrected chi connectivity index (χ1v) is 9.59. The Balaban J connectivity index is 1.68. The lowest BCUT2D eigenvalue weighted by molar-refractivity contribution is -0.112. The topological polar surface area (TPSA) is 54.4 Å². The minimum absolute atomic E-state index is 0.0783. The van der Waals surface area contributed by atoms with E-state index in [2.05, 4.69) is 25.8 Å². The van der Waals surface area contributed by atoms with Crippen molar-refractivity contribution in [3.63, 3.8) is 0 Å². The van der Waals surface area contributed by atoms with Crippen molar-refractivity contribution in [1.82, 2.24) is 4.90 Å². The molecule has 1 saturated heterocycles. The predicted octanol–water partition coefficient (Wildman–Crippen LogP) is 3.21. The van der Waals surface area contributed by atoms with E-state index in [0.717, 1.165) is 40.2 Å². The summed E-state index contributed by atoms with van der Waals surface area (Å²) in [5.41, 5.74) is 2.92. The maximum absolute atomic E-state index is 13.2. The third-order valence-electron chi connectivity index (χ3n) is 4.71. The molecule has 6 nitrogen and oxygen atoms in total. The molecule has 1 fully saturated rings. The summed E-state index contributed by atoms with van der Waals surface area (Å²) in [4.78, 5) is 21.8. The van der Waals surface area contributed by atoms with Gasteiger partial charge in [-0.2, -0.15) is 0 Å². The molecule has 7 heteroatoms. The molecule has 4 rings (SSSR count). The molecule has 2 aliphatic heterocycles. The van der Waals surface area contributed by atoms with Crippen molar-refractivity contribution in [1.29, 1.82) is 0 Å². The molecule has 0 saturated carbocycles. The first kappa shape index (κ1) is 18.2. The third-order valence-corrected chi connectivity index (χ3v) is 5.20. The molecule has 2 aromatic carbocycles. The number of ether oxygens (including phenoxy) is 2. The van der Waals surface area contributed by atoms with E-state index >= 15 is 0 Å². The molecule has 2 aliphatic rings. The van der Waals surface area contributed by atoms with E-state index in [1.165, 1.54) is 0 Å². The maximum atomic E-state index is 13.2. The highest BCUT2D eigenvalue weighted by Crippen LogP contribution is 2.33. The molecule has 0 N–H and O–H groups in total. The molecule has 2 aromatic rings. The van der Waals surface area contributed by atoms with Crippen LogP contribution in [-0.2, 0) is 9.53 Å². The minimum Gasteiger partial charge on any atom is -0.497 e. The van der Waals surface area contributed by atoms with Gasteiger partial charge in [0.25, 0.3) is 5.91 Å². The molecule has 0 spiro atoms. The summed E-state index contributed by atoms with van der Waals surface area (Å²) in [7, 11) is 1.62. The first-order chi connectivity index (χ1) is 13.2. The van der Waals surface area contributed by atoms with Gasteiger partial charge in [0.05, 0.1) is 38.4 Å². The lowest BCUT2D eigenvalue weighted by Crippen LogP contribution is -2.45. The van der Waals surface area contributed by atoms with Crippen molar-refractivity contribution < 1.29 is 14.3 Å². The van der Waals surface area contributed by atoms with Crippen LogP contribution in [0.3, 0.4) is 0 Å². The number of hydrogen-bond acceptors (Lipinski definition) is 5. The Morgan fingerprint density at radius 1 is 1.15 bits per heavy atom. The van der Waals surface area contributed by atoms with Gasteiger partial charge in [-0.05, 0) is 42.5 Å². The number of aliphatic imine (C=N–C) groups is 1. The van der Waals surface area contributed by atoms with E-state index in [1.807, 2.05) is 42.5 Å². The number of carbonyl (C=O) groups excluding carboxylic acids is 1. The van der Waals surface area contributed by atoms with Crippen LogP contribution in [0, 0.1) is 0 Å². The van der Waals surface area contributed by atoms with Crippen LogP contribution in [-0.4, -0.2) is 56.6 Å². The van der Waals surface area contributed by atoms with Gasteiger partial charge >= 0.3 is 0 Å². The summed E-state index contributed by atoms with van der Waals surface area (Å²) in [5, 5.41) is 0. The zero-order valence-corrected chi connectivity index (χ0v) is 16.6. The van der Waals surface area contributed by atoms with Gasteiger partial charge in [-0.3, -0.25) is 14.6 Å². The second-order valence-electron chi connectivity index (χ2n) is 6.42. The maximum Gasteiger partial charge on any atom is 0.278 e. The van der Waals surface area contributed by atoms with Crippen LogP contribution in [0.15, 0.2) is 51.9 Å². The molecule has 0 unspecified atom stereocenters. The Labute approximate surface area is 166 Å². The van der Waals surface area contributed by atoms with Gasteiger partial charge in [0, 0.05) is 23.1 Å². The smallest absolute Gasteiger partial charge is 0.278 e. The second-order valence-corrected chi connectivity index (χ2v) is 7.34. The summed E-state index contributed by atoms with van der Waals surface area (Å²) >= 11 is 3.51. The fourth-order valence-corrected chi connectivity index (χ4v) is 3.62. The number of amides is 1. The van der Waals surface area contributed by atoms with Crippen LogP contribution in [0.1, 0.15) is 5.56 Å². The van der Waals surface area contributed by atoms with Gasteiger partial charge in [-0.15, -0.1) is 0 Å². The highest BCUT2D eigenvalue weighted by Gasteiger charge is 2.35. The monoisotopic (exact) mass is 429 g/mol. The van der Waals surface area contributed by atoms with Gasteiger partial charge in [0.2, 0.25) is 0 Å². The average Bonchev–Trinajstić information content (AvgIpc) is 2.94. The van der Waals surface area contributed by atoms with Gasteiger partial charge in [0.1, 0.15) is 11.5 Å². The first-order valence-electron chi connectivity index (χ1n) is 8.80. The van der Waals surface area contributed by atoms with Crippen molar-refractivity contribution in [3.05, 3.63) is 52.5 Å². The highest BCUT2D eigenvalue weighted by molar-refractivity contribution is 9.10. The molecule has 27 heavy (non-hydrogen) atoms. The molecule has 0 atom stereocenters. The van der Waals surface area contributed by atoms with Gasteiger partial charge < -0.3 is 9.47 Å². The number of halogens is 1. The molecule has 0 aromatic heterocycles. The van der Waals surface area contributed by atoms with E-state index < -0.39 is 0 Å². The number of hydrogen-bond donors (Lipinski definition) is 0. The van der Waals surface area contributed by atoms with Crippen molar-refractivity contribution >= 4 is 38.9 Å². The number of nitrogens with zero attached hydrogens (tertiary/aromatic N) is 3. The number of carbonyl (C=O) groups is 1. The van der Waals surface area contributed by atoms with Crippen LogP contribution in [0.25, 0.3) is 0 Å². The Morgan fingerprint density at radius 2 is 1.89 bits per heavy atom. The third kappa shape index (κ3) is 3.76. The molecular weight excluding hydrogens is 410 g/mol. The SMILES string of the molecule is COc1ccc(N=C2C(=O)N(CN3CCOCC3)c3ccc(Br)cc32)cc1. The van der Waals surface area contributed by atoms with Gasteiger partial charge in [0.15, 0.2) is 0 Å². The summed E-state index contributed by atoms with van der Waals surface area (Å²) in [6.45, 7) is 3.57. The van der Waals surface area contributed by atoms with Crippen LogP contribution in [0.2, 0.25) is 0 Å². The molecular formula is C20H20BrN3O3. The Kier molecular flexibility index (Phi) is 5.24. The van der Waals surface area contributed by atoms with Gasteiger partial charge in [-0.25, -0.2) is 4.99 Å². The average molecular weight is 430 g/mol. The standard InChI is InChI=1S/C20H20BrN3O3/c1-26-16-5-3-15(4-6-16)22-19-17-12-14(21)2-7-18(17)24(20(19)25)13-23-8-10-27-11-9-23/h2-7,12H,8-11,13H2,1H3. The van der Waals surface area contributed by atoms with Gasteiger partial charge in [-0.1, -0.05) is 15.9 Å². The van der Waals surface area contributed by atoms with Crippen LogP contribution >= 0.6 is 15.9 Å². The lowest BCUT2D eigenvalue weighted by Gasteiger charge is -2.30. The van der Waals surface area contributed by atoms with Crippen molar-refractivity contribution in [2.24, 2.45) is 4.99 Å². The molecule has 2 heterocycles. The lowest BCUT2D eigenvalue weighted by atomic mass is 10.1. The Hall–Kier alpha value is -2.22. The molecule has 0 bridgehead atoms.